The van der Waals surface area contributed by atoms with Crippen LogP contribution in [0.5, 0.6) is 5.75 Å². The molecular formula is C19H24N4O5. The maximum absolute atomic E-state index is 11.9. The molecule has 0 aliphatic heterocycles. The molecule has 0 aliphatic carbocycles. The normalized spacial score (nSPS) is 10.3. The van der Waals surface area contributed by atoms with E-state index in [4.69, 9.17) is 9.47 Å². The van der Waals surface area contributed by atoms with Crippen molar-refractivity contribution in [1.29, 1.82) is 0 Å². The van der Waals surface area contributed by atoms with Crippen molar-refractivity contribution in [3.63, 3.8) is 0 Å². The number of esters is 1. The number of aryl methyl sites for hydroxylation is 1. The number of carbonyl (C=O) groups excluding carboxylic acids is 3. The maximum atomic E-state index is 11.9. The number of benzene rings is 1. The fourth-order valence-corrected chi connectivity index (χ4v) is 2.67. The van der Waals surface area contributed by atoms with Crippen molar-refractivity contribution in [2.24, 2.45) is 0 Å². The minimum absolute atomic E-state index is 0.110. The first kappa shape index (κ1) is 20.9. The van der Waals surface area contributed by atoms with E-state index >= 15 is 0 Å². The summed E-state index contributed by atoms with van der Waals surface area (Å²) in [5, 5.41) is 4.55. The Morgan fingerprint density at radius 1 is 1.18 bits per heavy atom. The van der Waals surface area contributed by atoms with Crippen LogP contribution >= 0.6 is 0 Å². The number of nitrogens with one attached hydrogen (secondary N) is 2. The summed E-state index contributed by atoms with van der Waals surface area (Å²) < 4.78 is 12.0. The molecule has 1 aromatic carbocycles. The van der Waals surface area contributed by atoms with Crippen molar-refractivity contribution < 1.29 is 23.9 Å². The van der Waals surface area contributed by atoms with E-state index in [0.717, 1.165) is 28.4 Å². The quantitative estimate of drug-likeness (QED) is 0.543. The van der Waals surface area contributed by atoms with Gasteiger partial charge in [0.05, 0.1) is 18.5 Å². The van der Waals surface area contributed by atoms with Crippen molar-refractivity contribution in [1.82, 2.24) is 20.6 Å². The van der Waals surface area contributed by atoms with Gasteiger partial charge in [0.1, 0.15) is 5.75 Å². The molecular weight excluding hydrogens is 364 g/mol. The van der Waals surface area contributed by atoms with E-state index in [9.17, 15) is 14.4 Å². The Labute approximate surface area is 163 Å². The third kappa shape index (κ3) is 5.57. The van der Waals surface area contributed by atoms with Crippen LogP contribution in [0.15, 0.2) is 24.3 Å². The van der Waals surface area contributed by atoms with Crippen LogP contribution in [0.1, 0.15) is 30.3 Å². The van der Waals surface area contributed by atoms with Gasteiger partial charge in [-0.15, -0.1) is 0 Å². The average molecular weight is 388 g/mol. The highest BCUT2D eigenvalue weighted by atomic mass is 16.5. The number of methoxy groups -OCH3 is 1. The maximum Gasteiger partial charge on any atom is 0.306 e. The SMILES string of the molecule is COc1cccc(-n2nc(C)c(CCC(=O)OCC(=O)NNC(C)=O)c2C)c1. The number of ether oxygens (including phenoxy) is 2. The van der Waals surface area contributed by atoms with Gasteiger partial charge in [-0.25, -0.2) is 4.68 Å². The largest absolute Gasteiger partial charge is 0.497 e. The Kier molecular flexibility index (Phi) is 7.14. The average Bonchev–Trinajstić information content (AvgIpc) is 2.96. The van der Waals surface area contributed by atoms with E-state index in [1.807, 2.05) is 38.1 Å². The highest BCUT2D eigenvalue weighted by Crippen LogP contribution is 2.22. The number of hydrogen-bond acceptors (Lipinski definition) is 6. The summed E-state index contributed by atoms with van der Waals surface area (Å²) in [7, 11) is 1.60. The van der Waals surface area contributed by atoms with Gasteiger partial charge in [0.2, 0.25) is 5.91 Å². The first-order valence-electron chi connectivity index (χ1n) is 8.72. The van der Waals surface area contributed by atoms with Crippen LogP contribution < -0.4 is 15.6 Å². The summed E-state index contributed by atoms with van der Waals surface area (Å²) in [6.45, 7) is 4.61. The molecule has 0 spiro atoms. The second-order valence-electron chi connectivity index (χ2n) is 6.15. The molecule has 9 nitrogen and oxygen atoms in total. The molecule has 0 aliphatic rings. The zero-order chi connectivity index (χ0) is 20.7. The van der Waals surface area contributed by atoms with Crippen LogP contribution in [-0.4, -0.2) is 41.3 Å². The molecule has 2 N–H and O–H groups in total. The summed E-state index contributed by atoms with van der Waals surface area (Å²) in [4.78, 5) is 34.0. The molecule has 2 amide bonds. The van der Waals surface area contributed by atoms with E-state index in [1.54, 1.807) is 11.8 Å². The molecule has 9 heteroatoms. The molecule has 2 aromatic rings. The molecule has 0 bridgehead atoms. The van der Waals surface area contributed by atoms with E-state index in [1.165, 1.54) is 6.92 Å². The summed E-state index contributed by atoms with van der Waals surface area (Å²) >= 11 is 0. The number of nitrogens with zero attached hydrogens (tertiary/aromatic N) is 2. The van der Waals surface area contributed by atoms with Gasteiger partial charge >= 0.3 is 5.97 Å². The van der Waals surface area contributed by atoms with Gasteiger partial charge < -0.3 is 9.47 Å². The second kappa shape index (κ2) is 9.54. The predicted octanol–water partition coefficient (Wildman–Crippen LogP) is 1.14. The predicted molar refractivity (Wildman–Crippen MR) is 101 cm³/mol. The lowest BCUT2D eigenvalue weighted by Crippen LogP contribution is -2.42. The van der Waals surface area contributed by atoms with Crippen molar-refractivity contribution >= 4 is 17.8 Å². The van der Waals surface area contributed by atoms with E-state index < -0.39 is 24.4 Å². The fraction of sp³-hybridized carbons (Fsp3) is 0.368. The van der Waals surface area contributed by atoms with Crippen LogP contribution in [-0.2, 0) is 25.5 Å². The van der Waals surface area contributed by atoms with Crippen molar-refractivity contribution in [2.75, 3.05) is 13.7 Å². The van der Waals surface area contributed by atoms with Gasteiger partial charge in [-0.05, 0) is 38.0 Å². The minimum atomic E-state index is -0.609. The van der Waals surface area contributed by atoms with Crippen molar-refractivity contribution in [3.8, 4) is 11.4 Å². The van der Waals surface area contributed by atoms with Crippen LogP contribution in [0.3, 0.4) is 0 Å². The highest BCUT2D eigenvalue weighted by molar-refractivity contribution is 5.83. The monoisotopic (exact) mass is 388 g/mol. The highest BCUT2D eigenvalue weighted by Gasteiger charge is 2.15. The molecule has 0 saturated carbocycles. The van der Waals surface area contributed by atoms with Gasteiger partial charge in [-0.3, -0.25) is 25.2 Å². The smallest absolute Gasteiger partial charge is 0.306 e. The number of amides is 2. The van der Waals surface area contributed by atoms with Gasteiger partial charge in [0, 0.05) is 25.1 Å². The first-order valence-corrected chi connectivity index (χ1v) is 8.72. The number of aromatic nitrogens is 2. The summed E-state index contributed by atoms with van der Waals surface area (Å²) in [6.07, 6.45) is 0.548. The molecule has 0 fully saturated rings. The zero-order valence-corrected chi connectivity index (χ0v) is 16.4. The van der Waals surface area contributed by atoms with Crippen molar-refractivity contribution in [2.45, 2.75) is 33.6 Å². The van der Waals surface area contributed by atoms with E-state index in [2.05, 4.69) is 16.0 Å². The Balaban J connectivity index is 1.96. The molecule has 0 radical (unpaired) electrons. The Hall–Kier alpha value is -3.36. The Morgan fingerprint density at radius 3 is 2.61 bits per heavy atom. The van der Waals surface area contributed by atoms with E-state index in [0.29, 0.717) is 6.42 Å². The standard InChI is InChI=1S/C19H24N4O5/c1-12-17(8-9-19(26)28-11-18(25)21-20-14(3)24)13(2)23(22-12)15-6-5-7-16(10-15)27-4/h5-7,10H,8-9,11H2,1-4H3,(H,20,24)(H,21,25). The fourth-order valence-electron chi connectivity index (χ4n) is 2.67. The van der Waals surface area contributed by atoms with Crippen LogP contribution in [0.25, 0.3) is 5.69 Å². The summed E-state index contributed by atoms with van der Waals surface area (Å²) in [5.74, 6) is -0.806. The van der Waals surface area contributed by atoms with Crippen molar-refractivity contribution in [3.05, 3.63) is 41.2 Å². The lowest BCUT2D eigenvalue weighted by Gasteiger charge is -2.08. The number of hydrazine groups is 1. The minimum Gasteiger partial charge on any atom is -0.497 e. The van der Waals surface area contributed by atoms with Crippen LogP contribution in [0, 0.1) is 13.8 Å². The van der Waals surface area contributed by atoms with Crippen LogP contribution in [0.2, 0.25) is 0 Å². The summed E-state index contributed by atoms with van der Waals surface area (Å²) in [5.41, 5.74) is 7.79. The molecule has 0 unspecified atom stereocenters. The Bertz CT molecular complexity index is 875. The van der Waals surface area contributed by atoms with Gasteiger partial charge in [-0.1, -0.05) is 6.07 Å². The first-order chi connectivity index (χ1) is 13.3. The topological polar surface area (TPSA) is 112 Å². The molecule has 2 rings (SSSR count). The third-order valence-electron chi connectivity index (χ3n) is 4.06. The number of hydrogen-bond donors (Lipinski definition) is 2. The second-order valence-corrected chi connectivity index (χ2v) is 6.15. The van der Waals surface area contributed by atoms with Crippen LogP contribution in [0.4, 0.5) is 0 Å². The number of carbonyl (C=O) groups is 3. The molecule has 0 atom stereocenters. The van der Waals surface area contributed by atoms with E-state index in [-0.39, 0.29) is 6.42 Å². The molecule has 1 aromatic heterocycles. The molecule has 150 valence electrons. The van der Waals surface area contributed by atoms with Gasteiger partial charge in [-0.2, -0.15) is 5.10 Å². The lowest BCUT2D eigenvalue weighted by molar-refractivity contribution is -0.148. The zero-order valence-electron chi connectivity index (χ0n) is 16.4. The molecule has 0 saturated heterocycles. The molecule has 28 heavy (non-hydrogen) atoms. The van der Waals surface area contributed by atoms with Gasteiger partial charge in [0.15, 0.2) is 6.61 Å². The summed E-state index contributed by atoms with van der Waals surface area (Å²) in [6, 6.07) is 7.54. The Morgan fingerprint density at radius 2 is 1.93 bits per heavy atom. The number of rotatable bonds is 7. The molecule has 1 heterocycles. The van der Waals surface area contributed by atoms with Gasteiger partial charge in [0.25, 0.3) is 5.91 Å². The lowest BCUT2D eigenvalue weighted by atomic mass is 10.1. The third-order valence-corrected chi connectivity index (χ3v) is 4.06.